The van der Waals surface area contributed by atoms with E-state index in [4.69, 9.17) is 11.3 Å². The zero-order valence-electron chi connectivity index (χ0n) is 53.6. The molecule has 0 aromatic carbocycles. The molecule has 0 spiro atoms. The Morgan fingerprint density at radius 3 is 0.681 bits per heavy atom. The summed E-state index contributed by atoms with van der Waals surface area (Å²) in [6.07, 6.45) is 8.98. The van der Waals surface area contributed by atoms with Crippen LogP contribution in [0.25, 0.3) is 20.9 Å². The predicted molar refractivity (Wildman–Crippen MR) is 328 cm³/mol. The number of azide groups is 2. The molecular formula is C62H87N19O13. The maximum Gasteiger partial charge on any atom is 0.246 e. The molecule has 0 unspecified atom stereocenters. The summed E-state index contributed by atoms with van der Waals surface area (Å²) in [5.74, 6) is -5.42. The van der Waals surface area contributed by atoms with Gasteiger partial charge in [0.15, 0.2) is 0 Å². The standard InChI is InChI=1S/C62H87N19O13/c1-36(82)80-34-37(66-68-64)32-49(80)62(94)81-35-38(67-69-65)33-50(81)61(93)79-31-11-21-48(79)60(92)78-30-10-20-47(78)59(91)77-29-9-19-46(77)58(90)76-28-8-18-45(76)57(89)75-27-7-17-44(75)56(88)74-26-6-16-43(74)55(87)73-25-5-15-42(73)54(86)72-24-4-14-41(72)53(85)71-23-3-13-40(71)52(84)70-22-2-12-39(70)51(63)83/h37-50H,2-35H2,1H3,(H2,63,83)/t37-,38-,39+,40+,41+,42+,43+,44+,45+,46+,47+,48+,49+,50+/m1/s1. The lowest BCUT2D eigenvalue weighted by Crippen LogP contribution is -2.59. The normalized spacial score (nSPS) is 32.5. The van der Waals surface area contributed by atoms with Crippen molar-refractivity contribution in [2.45, 2.75) is 233 Å². The van der Waals surface area contributed by atoms with Crippen LogP contribution in [0.2, 0.25) is 0 Å². The van der Waals surface area contributed by atoms with Crippen LogP contribution in [0.15, 0.2) is 10.2 Å². The zero-order valence-corrected chi connectivity index (χ0v) is 53.6. The van der Waals surface area contributed by atoms with Gasteiger partial charge in [-0.3, -0.25) is 62.3 Å². The van der Waals surface area contributed by atoms with Crippen molar-refractivity contribution < 1.29 is 62.3 Å². The highest BCUT2D eigenvalue weighted by Gasteiger charge is 2.55. The maximum atomic E-state index is 14.9. The monoisotopic (exact) mass is 1310 g/mol. The molecule has 32 nitrogen and oxygen atoms in total. The molecule has 0 radical (unpaired) electrons. The smallest absolute Gasteiger partial charge is 0.246 e. The summed E-state index contributed by atoms with van der Waals surface area (Å²) in [6.45, 7) is 3.94. The third-order valence-electron chi connectivity index (χ3n) is 22.5. The lowest BCUT2D eigenvalue weighted by Gasteiger charge is -2.38. The van der Waals surface area contributed by atoms with Gasteiger partial charge in [-0.25, -0.2) is 0 Å². The molecule has 32 heteroatoms. The fraction of sp³-hybridized carbons (Fsp3) is 0.790. The van der Waals surface area contributed by atoms with E-state index in [1.54, 1.807) is 24.5 Å². The summed E-state index contributed by atoms with van der Waals surface area (Å²) in [6, 6.07) is -12.3. The second kappa shape index (κ2) is 27.6. The molecule has 2 N–H and O–H groups in total. The van der Waals surface area contributed by atoms with Crippen molar-refractivity contribution in [2.75, 3.05) is 78.5 Å². The molecule has 12 saturated heterocycles. The van der Waals surface area contributed by atoms with Crippen LogP contribution in [-0.2, 0) is 62.3 Å². The first-order valence-corrected chi connectivity index (χ1v) is 34.3. The van der Waals surface area contributed by atoms with Crippen molar-refractivity contribution in [3.63, 3.8) is 0 Å². The molecule has 0 saturated carbocycles. The first-order valence-electron chi connectivity index (χ1n) is 34.3. The number of rotatable bonds is 14. The van der Waals surface area contributed by atoms with Gasteiger partial charge in [-0.2, -0.15) is 0 Å². The summed E-state index contributed by atoms with van der Waals surface area (Å²) in [4.78, 5) is 209. The second-order valence-corrected chi connectivity index (χ2v) is 27.7. The van der Waals surface area contributed by atoms with Crippen LogP contribution >= 0.6 is 0 Å². The molecule has 12 fully saturated rings. The number of hydrogen-bond donors (Lipinski definition) is 1. The molecule has 0 aromatic heterocycles. The van der Waals surface area contributed by atoms with E-state index in [2.05, 4.69) is 20.1 Å². The minimum atomic E-state index is -1.13. The van der Waals surface area contributed by atoms with Gasteiger partial charge in [0.25, 0.3) is 0 Å². The largest absolute Gasteiger partial charge is 0.368 e. The zero-order chi connectivity index (χ0) is 66.4. The van der Waals surface area contributed by atoms with Crippen LogP contribution < -0.4 is 5.73 Å². The number of nitrogens with two attached hydrogens (primary N) is 1. The van der Waals surface area contributed by atoms with Crippen LogP contribution in [-0.4, -0.2) is 299 Å². The number of nitrogens with zero attached hydrogens (tertiary/aromatic N) is 18. The molecule has 0 bridgehead atoms. The number of carbonyl (C=O) groups excluding carboxylic acids is 13. The van der Waals surface area contributed by atoms with Gasteiger partial charge in [0, 0.05) is 95.3 Å². The van der Waals surface area contributed by atoms with Crippen molar-refractivity contribution in [1.82, 2.24) is 58.8 Å². The molecule has 12 aliphatic rings. The summed E-state index contributed by atoms with van der Waals surface area (Å²) in [5.41, 5.74) is 24.1. The van der Waals surface area contributed by atoms with Crippen LogP contribution in [0.4, 0.5) is 0 Å². The third-order valence-corrected chi connectivity index (χ3v) is 22.5. The van der Waals surface area contributed by atoms with E-state index >= 15 is 0 Å². The van der Waals surface area contributed by atoms with Crippen LogP contribution in [0.3, 0.4) is 0 Å². The average molecular weight is 1310 g/mol. The number of primary amides is 1. The highest BCUT2D eigenvalue weighted by molar-refractivity contribution is 6.01. The highest BCUT2D eigenvalue weighted by Crippen LogP contribution is 2.37. The quantitative estimate of drug-likeness (QED) is 0.136. The molecule has 12 aliphatic heterocycles. The Morgan fingerprint density at radius 1 is 0.287 bits per heavy atom. The Kier molecular flexibility index (Phi) is 19.3. The van der Waals surface area contributed by atoms with Gasteiger partial charge >= 0.3 is 0 Å². The third kappa shape index (κ3) is 12.1. The molecular weight excluding hydrogens is 1220 g/mol. The number of hydrogen-bond acceptors (Lipinski definition) is 15. The van der Waals surface area contributed by atoms with Gasteiger partial charge < -0.3 is 64.5 Å². The van der Waals surface area contributed by atoms with E-state index < -0.39 is 126 Å². The van der Waals surface area contributed by atoms with E-state index in [0.29, 0.717) is 142 Å². The number of likely N-dealkylation sites (tertiary alicyclic amines) is 12. The molecule has 0 aliphatic carbocycles. The van der Waals surface area contributed by atoms with Gasteiger partial charge in [-0.05, 0) is 152 Å². The molecule has 14 atom stereocenters. The van der Waals surface area contributed by atoms with E-state index in [1.165, 1.54) is 41.2 Å². The first kappa shape index (κ1) is 65.8. The SMILES string of the molecule is CC(=O)N1C[C@H](N=[N+]=[N-])C[C@H]1C(=O)N1C[C@H](N=[N+]=[N-])C[C@H]1C(=O)N1CCC[C@H]1C(=O)N1CCC[C@H]1C(=O)N1CCC[C@H]1C(=O)N1CCC[C@H]1C(=O)N1CCC[C@H]1C(=O)N1CCC[C@H]1C(=O)N1CCC[C@H]1C(=O)N1CCC[C@H]1C(=O)N1CCC[C@H]1C(=O)N1CCC[C@H]1C(N)=O. The van der Waals surface area contributed by atoms with Crippen molar-refractivity contribution in [1.29, 1.82) is 0 Å². The molecule has 13 amide bonds. The summed E-state index contributed by atoms with van der Waals surface area (Å²) in [7, 11) is 0. The Labute approximate surface area is 544 Å². The molecule has 0 aromatic rings. The predicted octanol–water partition coefficient (Wildman–Crippen LogP) is -0.0388. The summed E-state index contributed by atoms with van der Waals surface area (Å²) in [5, 5.41) is 7.57. The van der Waals surface area contributed by atoms with Crippen LogP contribution in [0.1, 0.15) is 148 Å². The van der Waals surface area contributed by atoms with Crippen molar-refractivity contribution in [3.05, 3.63) is 20.9 Å². The summed E-state index contributed by atoms with van der Waals surface area (Å²) >= 11 is 0. The summed E-state index contributed by atoms with van der Waals surface area (Å²) < 4.78 is 0. The molecule has 94 heavy (non-hydrogen) atoms. The van der Waals surface area contributed by atoms with E-state index in [-0.39, 0.29) is 114 Å². The molecule has 12 heterocycles. The van der Waals surface area contributed by atoms with Crippen molar-refractivity contribution >= 4 is 76.8 Å². The lowest BCUT2D eigenvalue weighted by molar-refractivity contribution is -0.156. The van der Waals surface area contributed by atoms with Gasteiger partial charge in [0.2, 0.25) is 76.8 Å². The number of amides is 13. The van der Waals surface area contributed by atoms with Crippen LogP contribution in [0.5, 0.6) is 0 Å². The fourth-order valence-corrected chi connectivity index (χ4v) is 18.0. The van der Waals surface area contributed by atoms with Gasteiger partial charge in [-0.15, -0.1) is 0 Å². The van der Waals surface area contributed by atoms with E-state index in [0.717, 1.165) is 0 Å². The Balaban J connectivity index is 0.668. The second-order valence-electron chi connectivity index (χ2n) is 27.7. The maximum absolute atomic E-state index is 14.9. The van der Waals surface area contributed by atoms with Crippen molar-refractivity contribution in [2.24, 2.45) is 16.0 Å². The molecule has 12 rings (SSSR count). The molecule has 508 valence electrons. The lowest BCUT2D eigenvalue weighted by atomic mass is 10.1. The first-order chi connectivity index (χ1) is 45.3. The van der Waals surface area contributed by atoms with E-state index in [1.807, 2.05) is 0 Å². The minimum absolute atomic E-state index is 0.0160. The van der Waals surface area contributed by atoms with Gasteiger partial charge in [-0.1, -0.05) is 10.2 Å². The highest BCUT2D eigenvalue weighted by atomic mass is 16.2. The van der Waals surface area contributed by atoms with E-state index in [9.17, 15) is 67.9 Å². The Hall–Kier alpha value is -8.27. The van der Waals surface area contributed by atoms with Crippen LogP contribution in [0, 0.1) is 0 Å². The topological polar surface area (TPSA) is 384 Å². The van der Waals surface area contributed by atoms with Gasteiger partial charge in [0.1, 0.15) is 72.5 Å². The van der Waals surface area contributed by atoms with Gasteiger partial charge in [0.05, 0.1) is 12.1 Å². The Morgan fingerprint density at radius 2 is 0.468 bits per heavy atom. The number of carbonyl (C=O) groups is 13. The average Bonchev–Trinajstić information content (AvgIpc) is 1.62. The minimum Gasteiger partial charge on any atom is -0.368 e. The Bertz CT molecular complexity index is 3210. The fourth-order valence-electron chi connectivity index (χ4n) is 18.0. The van der Waals surface area contributed by atoms with Crippen molar-refractivity contribution in [3.8, 4) is 0 Å².